The van der Waals surface area contributed by atoms with Gasteiger partial charge in [0.15, 0.2) is 0 Å². The highest BCUT2D eigenvalue weighted by molar-refractivity contribution is 5.83. The molecular weight excluding hydrogens is 202 g/mol. The third-order valence-corrected chi connectivity index (χ3v) is 2.65. The smallest absolute Gasteiger partial charge is 0.118 e. The van der Waals surface area contributed by atoms with Gasteiger partial charge >= 0.3 is 0 Å². The van der Waals surface area contributed by atoms with Gasteiger partial charge in [-0.25, -0.2) is 0 Å². The lowest BCUT2D eigenvalue weighted by molar-refractivity contribution is 0.211. The number of ether oxygens (including phenoxy) is 1. The molecular formula is C13H19NO2. The maximum Gasteiger partial charge on any atom is 0.118 e. The van der Waals surface area contributed by atoms with Crippen molar-refractivity contribution < 1.29 is 9.57 Å². The Kier molecular flexibility index (Phi) is 4.83. The molecule has 0 unspecified atom stereocenters. The molecule has 0 amide bonds. The monoisotopic (exact) mass is 221 g/mol. The minimum Gasteiger partial charge on any atom is -0.497 e. The van der Waals surface area contributed by atoms with Crippen molar-refractivity contribution in [2.45, 2.75) is 20.3 Å². The van der Waals surface area contributed by atoms with E-state index < -0.39 is 0 Å². The van der Waals surface area contributed by atoms with Gasteiger partial charge < -0.3 is 9.57 Å². The number of nitrogens with zero attached hydrogens (tertiary/aromatic N) is 1. The average molecular weight is 221 g/mol. The molecule has 88 valence electrons. The normalized spacial score (nSPS) is 13.4. The van der Waals surface area contributed by atoms with Crippen molar-refractivity contribution in [2.24, 2.45) is 11.1 Å². The molecule has 0 aliphatic carbocycles. The Morgan fingerprint density at radius 2 is 1.88 bits per heavy atom. The first-order chi connectivity index (χ1) is 7.67. The molecule has 0 spiro atoms. The highest BCUT2D eigenvalue weighted by atomic mass is 16.6. The molecule has 0 N–H and O–H groups in total. The van der Waals surface area contributed by atoms with Crippen LogP contribution < -0.4 is 4.74 Å². The Balaban J connectivity index is 2.62. The van der Waals surface area contributed by atoms with Crippen LogP contribution in [0.5, 0.6) is 5.75 Å². The molecule has 0 heterocycles. The molecule has 0 radical (unpaired) electrons. The first kappa shape index (κ1) is 12.6. The maximum absolute atomic E-state index is 5.12. The van der Waals surface area contributed by atoms with Crippen molar-refractivity contribution in [3.05, 3.63) is 29.8 Å². The van der Waals surface area contributed by atoms with Crippen molar-refractivity contribution in [3.63, 3.8) is 0 Å². The number of rotatable bonds is 5. The molecule has 1 rings (SSSR count). The van der Waals surface area contributed by atoms with E-state index in [2.05, 4.69) is 24.2 Å². The molecule has 3 heteroatoms. The first-order valence-corrected chi connectivity index (χ1v) is 5.38. The van der Waals surface area contributed by atoms with E-state index in [1.807, 2.05) is 19.1 Å². The molecule has 1 aromatic carbocycles. The second-order valence-electron chi connectivity index (χ2n) is 3.87. The van der Waals surface area contributed by atoms with Crippen molar-refractivity contribution in [2.75, 3.05) is 14.2 Å². The summed E-state index contributed by atoms with van der Waals surface area (Å²) in [6.45, 7) is 4.12. The summed E-state index contributed by atoms with van der Waals surface area (Å²) in [6, 6.07) is 8.11. The van der Waals surface area contributed by atoms with Gasteiger partial charge in [0.2, 0.25) is 0 Å². The van der Waals surface area contributed by atoms with Crippen LogP contribution >= 0.6 is 0 Å². The zero-order chi connectivity index (χ0) is 12.0. The van der Waals surface area contributed by atoms with Crippen LogP contribution in [0.4, 0.5) is 0 Å². The fourth-order valence-electron chi connectivity index (χ4n) is 1.50. The summed E-state index contributed by atoms with van der Waals surface area (Å²) in [7, 11) is 3.25. The summed E-state index contributed by atoms with van der Waals surface area (Å²) in [5.41, 5.74) is 2.29. The second-order valence-corrected chi connectivity index (χ2v) is 3.87. The molecule has 0 aliphatic heterocycles. The molecule has 16 heavy (non-hydrogen) atoms. The Morgan fingerprint density at radius 1 is 1.25 bits per heavy atom. The fourth-order valence-corrected chi connectivity index (χ4v) is 1.50. The molecule has 0 bridgehead atoms. The number of methoxy groups -OCH3 is 1. The van der Waals surface area contributed by atoms with Gasteiger partial charge in [0, 0.05) is 5.92 Å². The molecule has 0 saturated carbocycles. The molecule has 3 nitrogen and oxygen atoms in total. The van der Waals surface area contributed by atoms with Crippen molar-refractivity contribution in [1.29, 1.82) is 0 Å². The van der Waals surface area contributed by atoms with E-state index in [-0.39, 0.29) is 0 Å². The molecule has 0 fully saturated rings. The van der Waals surface area contributed by atoms with Crippen LogP contribution in [0.15, 0.2) is 29.4 Å². The lowest BCUT2D eigenvalue weighted by Gasteiger charge is -2.10. The number of benzene rings is 1. The first-order valence-electron chi connectivity index (χ1n) is 5.38. The predicted molar refractivity (Wildman–Crippen MR) is 66.0 cm³/mol. The summed E-state index contributed by atoms with van der Waals surface area (Å²) in [6.07, 6.45) is 0.961. The summed E-state index contributed by atoms with van der Waals surface area (Å²) in [4.78, 5) is 4.77. The minimum absolute atomic E-state index is 0.383. The van der Waals surface area contributed by atoms with E-state index in [1.165, 1.54) is 5.56 Å². The SMILES string of the molecule is CO/N=C(\C)[C@@H](C)Cc1ccc(OC)cc1. The van der Waals surface area contributed by atoms with Crippen molar-refractivity contribution in [3.8, 4) is 5.75 Å². The van der Waals surface area contributed by atoms with Crippen LogP contribution in [0, 0.1) is 5.92 Å². The van der Waals surface area contributed by atoms with Crippen LogP contribution in [-0.4, -0.2) is 19.9 Å². The summed E-state index contributed by atoms with van der Waals surface area (Å²) >= 11 is 0. The van der Waals surface area contributed by atoms with Crippen LogP contribution in [0.1, 0.15) is 19.4 Å². The minimum atomic E-state index is 0.383. The van der Waals surface area contributed by atoms with Crippen LogP contribution in [-0.2, 0) is 11.3 Å². The molecule has 0 aliphatic rings. The molecule has 0 saturated heterocycles. The van der Waals surface area contributed by atoms with Crippen LogP contribution in [0.3, 0.4) is 0 Å². The lowest BCUT2D eigenvalue weighted by Crippen LogP contribution is -2.10. The maximum atomic E-state index is 5.12. The second kappa shape index (κ2) is 6.16. The number of hydrogen-bond donors (Lipinski definition) is 0. The van der Waals surface area contributed by atoms with Crippen molar-refractivity contribution >= 4 is 5.71 Å². The molecule has 1 aromatic rings. The van der Waals surface area contributed by atoms with Gasteiger partial charge in [-0.05, 0) is 31.0 Å². The van der Waals surface area contributed by atoms with E-state index in [1.54, 1.807) is 14.2 Å². The van der Waals surface area contributed by atoms with Gasteiger partial charge in [-0.3, -0.25) is 0 Å². The summed E-state index contributed by atoms with van der Waals surface area (Å²) in [5.74, 6) is 1.27. The van der Waals surface area contributed by atoms with Gasteiger partial charge in [-0.15, -0.1) is 0 Å². The zero-order valence-electron chi connectivity index (χ0n) is 10.4. The van der Waals surface area contributed by atoms with Gasteiger partial charge in [0.25, 0.3) is 0 Å². The van der Waals surface area contributed by atoms with Crippen LogP contribution in [0.2, 0.25) is 0 Å². The third kappa shape index (κ3) is 3.57. The third-order valence-electron chi connectivity index (χ3n) is 2.65. The van der Waals surface area contributed by atoms with E-state index in [9.17, 15) is 0 Å². The van der Waals surface area contributed by atoms with Gasteiger partial charge in [-0.1, -0.05) is 24.2 Å². The largest absolute Gasteiger partial charge is 0.497 e. The average Bonchev–Trinajstić information content (AvgIpc) is 2.30. The summed E-state index contributed by atoms with van der Waals surface area (Å²) in [5, 5.41) is 3.95. The van der Waals surface area contributed by atoms with Crippen molar-refractivity contribution in [1.82, 2.24) is 0 Å². The van der Waals surface area contributed by atoms with E-state index in [0.29, 0.717) is 5.92 Å². The zero-order valence-corrected chi connectivity index (χ0v) is 10.4. The Bertz CT molecular complexity index is 343. The predicted octanol–water partition coefficient (Wildman–Crippen LogP) is 2.90. The standard InChI is InChI=1S/C13H19NO2/c1-10(11(2)14-16-4)9-12-5-7-13(15-3)8-6-12/h5-8,10H,9H2,1-4H3/b14-11+/t10-/m0/s1. The molecule has 1 atom stereocenters. The highest BCUT2D eigenvalue weighted by Crippen LogP contribution is 2.15. The van der Waals surface area contributed by atoms with Gasteiger partial charge in [-0.2, -0.15) is 0 Å². The summed E-state index contributed by atoms with van der Waals surface area (Å²) < 4.78 is 5.12. The van der Waals surface area contributed by atoms with Gasteiger partial charge in [0.1, 0.15) is 12.9 Å². The number of hydrogen-bond acceptors (Lipinski definition) is 3. The van der Waals surface area contributed by atoms with Gasteiger partial charge in [0.05, 0.1) is 12.8 Å². The van der Waals surface area contributed by atoms with E-state index in [0.717, 1.165) is 17.9 Å². The van der Waals surface area contributed by atoms with E-state index in [4.69, 9.17) is 9.57 Å². The number of oxime groups is 1. The quantitative estimate of drug-likeness (QED) is 0.565. The van der Waals surface area contributed by atoms with E-state index >= 15 is 0 Å². The van der Waals surface area contributed by atoms with Crippen LogP contribution in [0.25, 0.3) is 0 Å². The topological polar surface area (TPSA) is 30.8 Å². The highest BCUT2D eigenvalue weighted by Gasteiger charge is 2.07. The Hall–Kier alpha value is -1.51. The Labute approximate surface area is 97.1 Å². The fraction of sp³-hybridized carbons (Fsp3) is 0.462. The lowest BCUT2D eigenvalue weighted by atomic mass is 9.97. The molecule has 0 aromatic heterocycles. The Morgan fingerprint density at radius 3 is 2.38 bits per heavy atom.